The normalized spacial score (nSPS) is 19.9. The van der Waals surface area contributed by atoms with E-state index in [-0.39, 0.29) is 11.5 Å². The molecule has 0 aliphatic carbocycles. The highest BCUT2D eigenvalue weighted by Gasteiger charge is 2.20. The lowest BCUT2D eigenvalue weighted by atomic mass is 9.85. The first-order chi connectivity index (χ1) is 6.48. The Balaban J connectivity index is 2.48. The summed E-state index contributed by atoms with van der Waals surface area (Å²) in [5.74, 6) is 0. The molecule has 1 atom stereocenters. The zero-order chi connectivity index (χ0) is 10.3. The van der Waals surface area contributed by atoms with E-state index in [0.29, 0.717) is 0 Å². The largest absolute Gasteiger partial charge is 0.181 e. The molecule has 0 radical (unpaired) electrons. The molecule has 1 aliphatic rings. The van der Waals surface area contributed by atoms with E-state index in [1.165, 1.54) is 11.1 Å². The molecule has 0 spiro atoms. The average molecular weight is 188 g/mol. The van der Waals surface area contributed by atoms with Gasteiger partial charge in [-0.2, -0.15) is 10.2 Å². The molecule has 1 unspecified atom stereocenters. The van der Waals surface area contributed by atoms with E-state index in [0.717, 1.165) is 5.69 Å². The van der Waals surface area contributed by atoms with Gasteiger partial charge >= 0.3 is 0 Å². The summed E-state index contributed by atoms with van der Waals surface area (Å²) in [6.45, 7) is 8.76. The summed E-state index contributed by atoms with van der Waals surface area (Å²) in [5.41, 5.74) is 3.86. The van der Waals surface area contributed by atoms with Crippen LogP contribution in [0, 0.1) is 0 Å². The van der Waals surface area contributed by atoms with E-state index in [2.05, 4.69) is 56.1 Å². The van der Waals surface area contributed by atoms with E-state index in [4.69, 9.17) is 0 Å². The summed E-state index contributed by atoms with van der Waals surface area (Å²) < 4.78 is 0. The van der Waals surface area contributed by atoms with Crippen molar-refractivity contribution in [3.8, 4) is 0 Å². The number of fused-ring (bicyclic) bond motifs is 1. The SMILES string of the molecule is CC1N=Nc2ccc(C(C)(C)C)cc21. The Kier molecular flexibility index (Phi) is 1.95. The van der Waals surface area contributed by atoms with Gasteiger partial charge in [-0.3, -0.25) is 0 Å². The lowest BCUT2D eigenvalue weighted by Gasteiger charge is -2.19. The monoisotopic (exact) mass is 188 g/mol. The predicted octanol–water partition coefficient (Wildman–Crippen LogP) is 4.14. The molecule has 0 N–H and O–H groups in total. The Hall–Kier alpha value is -1.18. The van der Waals surface area contributed by atoms with Crippen LogP contribution in [0.2, 0.25) is 0 Å². The standard InChI is InChI=1S/C12H16N2/c1-8-10-7-9(12(2,3)4)5-6-11(10)14-13-8/h5-8H,1-4H3. The van der Waals surface area contributed by atoms with E-state index >= 15 is 0 Å². The van der Waals surface area contributed by atoms with Crippen molar-refractivity contribution in [3.05, 3.63) is 29.3 Å². The number of hydrogen-bond acceptors (Lipinski definition) is 2. The fourth-order valence-corrected chi connectivity index (χ4v) is 1.66. The Morgan fingerprint density at radius 2 is 1.93 bits per heavy atom. The van der Waals surface area contributed by atoms with Gasteiger partial charge in [0.15, 0.2) is 0 Å². The Labute approximate surface area is 85.1 Å². The van der Waals surface area contributed by atoms with Crippen LogP contribution >= 0.6 is 0 Å². The molecule has 14 heavy (non-hydrogen) atoms. The minimum Gasteiger partial charge on any atom is -0.181 e. The minimum atomic E-state index is 0.206. The van der Waals surface area contributed by atoms with Crippen molar-refractivity contribution < 1.29 is 0 Å². The number of rotatable bonds is 0. The van der Waals surface area contributed by atoms with Crippen LogP contribution in [0.4, 0.5) is 5.69 Å². The molecule has 1 aromatic rings. The average Bonchev–Trinajstić information content (AvgIpc) is 2.46. The van der Waals surface area contributed by atoms with Crippen LogP contribution in [0.25, 0.3) is 0 Å². The summed E-state index contributed by atoms with van der Waals surface area (Å²) in [4.78, 5) is 0. The number of hydrogen-bond donors (Lipinski definition) is 0. The van der Waals surface area contributed by atoms with Crippen molar-refractivity contribution in [1.29, 1.82) is 0 Å². The molecule has 2 rings (SSSR count). The first-order valence-electron chi connectivity index (χ1n) is 5.04. The second-order valence-corrected chi connectivity index (χ2v) is 4.92. The fraction of sp³-hybridized carbons (Fsp3) is 0.500. The Morgan fingerprint density at radius 3 is 2.57 bits per heavy atom. The Bertz CT molecular complexity index is 386. The molecule has 2 nitrogen and oxygen atoms in total. The van der Waals surface area contributed by atoms with Crippen LogP contribution in [0.15, 0.2) is 28.4 Å². The third kappa shape index (κ3) is 1.45. The summed E-state index contributed by atoms with van der Waals surface area (Å²) in [6.07, 6.45) is 0. The zero-order valence-corrected chi connectivity index (χ0v) is 9.20. The van der Waals surface area contributed by atoms with Gasteiger partial charge in [-0.25, -0.2) is 0 Å². The summed E-state index contributed by atoms with van der Waals surface area (Å²) in [7, 11) is 0. The molecule has 0 bridgehead atoms. The Morgan fingerprint density at radius 1 is 1.21 bits per heavy atom. The van der Waals surface area contributed by atoms with Gasteiger partial charge in [0.25, 0.3) is 0 Å². The highest BCUT2D eigenvalue weighted by molar-refractivity contribution is 5.52. The zero-order valence-electron chi connectivity index (χ0n) is 9.20. The highest BCUT2D eigenvalue weighted by Crippen LogP contribution is 2.37. The van der Waals surface area contributed by atoms with Crippen molar-refractivity contribution in [1.82, 2.24) is 0 Å². The third-order valence-electron chi connectivity index (χ3n) is 2.68. The summed E-state index contributed by atoms with van der Waals surface area (Å²) in [6, 6.07) is 6.69. The summed E-state index contributed by atoms with van der Waals surface area (Å²) in [5, 5.41) is 8.28. The first-order valence-corrected chi connectivity index (χ1v) is 5.04. The van der Waals surface area contributed by atoms with E-state index in [1.807, 2.05) is 0 Å². The van der Waals surface area contributed by atoms with Crippen LogP contribution in [0.1, 0.15) is 44.9 Å². The van der Waals surface area contributed by atoms with Gasteiger partial charge < -0.3 is 0 Å². The summed E-state index contributed by atoms with van der Waals surface area (Å²) >= 11 is 0. The van der Waals surface area contributed by atoms with Gasteiger partial charge in [0, 0.05) is 5.56 Å². The fourth-order valence-electron chi connectivity index (χ4n) is 1.66. The van der Waals surface area contributed by atoms with Crippen LogP contribution < -0.4 is 0 Å². The van der Waals surface area contributed by atoms with Crippen LogP contribution in [-0.2, 0) is 5.41 Å². The van der Waals surface area contributed by atoms with Crippen molar-refractivity contribution in [2.75, 3.05) is 0 Å². The second-order valence-electron chi connectivity index (χ2n) is 4.92. The molecular formula is C12H16N2. The van der Waals surface area contributed by atoms with Crippen LogP contribution in [-0.4, -0.2) is 0 Å². The van der Waals surface area contributed by atoms with E-state index in [1.54, 1.807) is 0 Å². The van der Waals surface area contributed by atoms with E-state index in [9.17, 15) is 0 Å². The number of nitrogens with zero attached hydrogens (tertiary/aromatic N) is 2. The number of benzene rings is 1. The first kappa shape index (κ1) is 9.38. The van der Waals surface area contributed by atoms with Gasteiger partial charge in [-0.05, 0) is 24.0 Å². The molecule has 0 saturated carbocycles. The molecule has 2 heteroatoms. The predicted molar refractivity (Wildman–Crippen MR) is 58.1 cm³/mol. The van der Waals surface area contributed by atoms with Crippen molar-refractivity contribution in [2.45, 2.75) is 39.2 Å². The molecule has 1 aromatic carbocycles. The molecule has 1 heterocycles. The molecule has 0 fully saturated rings. The van der Waals surface area contributed by atoms with Gasteiger partial charge in [-0.1, -0.05) is 32.9 Å². The molecule has 0 amide bonds. The maximum Gasteiger partial charge on any atom is 0.0955 e. The molecule has 1 aliphatic heterocycles. The minimum absolute atomic E-state index is 0.206. The van der Waals surface area contributed by atoms with E-state index < -0.39 is 0 Å². The van der Waals surface area contributed by atoms with Crippen LogP contribution in [0.5, 0.6) is 0 Å². The highest BCUT2D eigenvalue weighted by atomic mass is 15.2. The molecule has 0 aromatic heterocycles. The van der Waals surface area contributed by atoms with Gasteiger partial charge in [0.05, 0.1) is 11.7 Å². The quantitative estimate of drug-likeness (QED) is 0.584. The van der Waals surface area contributed by atoms with Crippen LogP contribution in [0.3, 0.4) is 0 Å². The second kappa shape index (κ2) is 2.91. The lowest BCUT2D eigenvalue weighted by Crippen LogP contribution is -2.11. The maximum absolute atomic E-state index is 4.15. The molecule has 74 valence electrons. The third-order valence-corrected chi connectivity index (χ3v) is 2.68. The number of azo groups is 1. The van der Waals surface area contributed by atoms with Crippen molar-refractivity contribution >= 4 is 5.69 Å². The van der Waals surface area contributed by atoms with Crippen molar-refractivity contribution in [2.24, 2.45) is 10.2 Å². The van der Waals surface area contributed by atoms with Gasteiger partial charge in [-0.15, -0.1) is 0 Å². The molecule has 0 saturated heterocycles. The van der Waals surface area contributed by atoms with Crippen molar-refractivity contribution in [3.63, 3.8) is 0 Å². The lowest BCUT2D eigenvalue weighted by molar-refractivity contribution is 0.589. The van der Waals surface area contributed by atoms with Gasteiger partial charge in [0.2, 0.25) is 0 Å². The smallest absolute Gasteiger partial charge is 0.0955 e. The maximum atomic E-state index is 4.15. The van der Waals surface area contributed by atoms with Gasteiger partial charge in [0.1, 0.15) is 0 Å². The molecular weight excluding hydrogens is 172 g/mol. The topological polar surface area (TPSA) is 24.7 Å².